The number of amides is 1. The van der Waals surface area contributed by atoms with Gasteiger partial charge in [0.1, 0.15) is 0 Å². The zero-order valence-corrected chi connectivity index (χ0v) is 12.5. The van der Waals surface area contributed by atoms with Crippen molar-refractivity contribution in [3.05, 3.63) is 35.4 Å². The van der Waals surface area contributed by atoms with Gasteiger partial charge >= 0.3 is 0 Å². The average Bonchev–Trinajstić information content (AvgIpc) is 2.36. The number of carbonyl (C=O) groups is 1. The van der Waals surface area contributed by atoms with Crippen LogP contribution in [0.2, 0.25) is 0 Å². The summed E-state index contributed by atoms with van der Waals surface area (Å²) in [5, 5.41) is 6.23. The molecule has 2 N–H and O–H groups in total. The molecule has 0 heterocycles. The van der Waals surface area contributed by atoms with Crippen LogP contribution in [-0.4, -0.2) is 18.5 Å². The van der Waals surface area contributed by atoms with Gasteiger partial charge in [0.05, 0.1) is 6.04 Å². The molecule has 0 saturated carbocycles. The number of nitrogens with one attached hydrogen (secondary N) is 2. The Bertz CT molecular complexity index is 401. The van der Waals surface area contributed by atoms with Crippen molar-refractivity contribution in [1.29, 1.82) is 0 Å². The van der Waals surface area contributed by atoms with Crippen LogP contribution >= 0.6 is 0 Å². The quantitative estimate of drug-likeness (QED) is 0.793. The summed E-state index contributed by atoms with van der Waals surface area (Å²) < 4.78 is 0. The third kappa shape index (κ3) is 5.88. The third-order valence-corrected chi connectivity index (χ3v) is 3.27. The first-order chi connectivity index (χ1) is 9.00. The molecular formula is C16H26N2O. The molecule has 1 aromatic rings. The number of rotatable bonds is 7. The molecular weight excluding hydrogens is 236 g/mol. The Balaban J connectivity index is 2.32. The Hall–Kier alpha value is -1.35. The van der Waals surface area contributed by atoms with E-state index in [1.807, 2.05) is 19.1 Å². The van der Waals surface area contributed by atoms with Gasteiger partial charge in [-0.3, -0.25) is 4.79 Å². The van der Waals surface area contributed by atoms with E-state index in [2.05, 4.69) is 43.5 Å². The Morgan fingerprint density at radius 1 is 1.21 bits per heavy atom. The van der Waals surface area contributed by atoms with Crippen LogP contribution in [0.15, 0.2) is 24.3 Å². The molecule has 0 aliphatic carbocycles. The highest BCUT2D eigenvalue weighted by Crippen LogP contribution is 2.06. The minimum Gasteiger partial charge on any atom is -0.355 e. The number of carbonyl (C=O) groups excluding carboxylic acids is 1. The second-order valence-corrected chi connectivity index (χ2v) is 5.50. The maximum absolute atomic E-state index is 11.9. The van der Waals surface area contributed by atoms with E-state index in [1.54, 1.807) is 0 Å². The molecule has 0 aliphatic rings. The van der Waals surface area contributed by atoms with E-state index in [9.17, 15) is 4.79 Å². The molecule has 0 bridgehead atoms. The van der Waals surface area contributed by atoms with Crippen LogP contribution in [-0.2, 0) is 11.3 Å². The third-order valence-electron chi connectivity index (χ3n) is 3.27. The van der Waals surface area contributed by atoms with E-state index in [1.165, 1.54) is 11.1 Å². The highest BCUT2D eigenvalue weighted by molar-refractivity contribution is 5.81. The van der Waals surface area contributed by atoms with Gasteiger partial charge in [-0.15, -0.1) is 0 Å². The van der Waals surface area contributed by atoms with Crippen LogP contribution in [0.3, 0.4) is 0 Å². The Labute approximate surface area is 116 Å². The molecule has 0 fully saturated rings. The summed E-state index contributed by atoms with van der Waals surface area (Å²) in [6.07, 6.45) is 1.02. The number of benzene rings is 1. The summed E-state index contributed by atoms with van der Waals surface area (Å²) in [5.41, 5.74) is 2.49. The highest BCUT2D eigenvalue weighted by Gasteiger charge is 2.11. The number of hydrogen-bond donors (Lipinski definition) is 2. The van der Waals surface area contributed by atoms with Crippen molar-refractivity contribution in [3.8, 4) is 0 Å². The Morgan fingerprint density at radius 3 is 2.53 bits per heavy atom. The minimum atomic E-state index is -0.160. The van der Waals surface area contributed by atoms with Crippen LogP contribution in [0.1, 0.15) is 38.3 Å². The fourth-order valence-corrected chi connectivity index (χ4v) is 1.80. The predicted octanol–water partition coefficient (Wildman–Crippen LogP) is 2.64. The normalized spacial score (nSPS) is 12.5. The van der Waals surface area contributed by atoms with Crippen molar-refractivity contribution in [1.82, 2.24) is 10.6 Å². The van der Waals surface area contributed by atoms with Gasteiger partial charge in [-0.25, -0.2) is 0 Å². The van der Waals surface area contributed by atoms with Gasteiger partial charge in [-0.1, -0.05) is 38.1 Å². The molecule has 1 atom stereocenters. The molecule has 0 spiro atoms. The predicted molar refractivity (Wildman–Crippen MR) is 79.9 cm³/mol. The molecule has 3 nitrogen and oxygen atoms in total. The molecule has 19 heavy (non-hydrogen) atoms. The maximum Gasteiger partial charge on any atom is 0.236 e. The van der Waals surface area contributed by atoms with Gasteiger partial charge < -0.3 is 10.6 Å². The minimum absolute atomic E-state index is 0.0780. The van der Waals surface area contributed by atoms with E-state index < -0.39 is 0 Å². The van der Waals surface area contributed by atoms with E-state index in [-0.39, 0.29) is 11.9 Å². The van der Waals surface area contributed by atoms with Crippen LogP contribution in [0, 0.1) is 12.8 Å². The molecule has 0 radical (unpaired) electrons. The Kier molecular flexibility index (Phi) is 6.57. The first-order valence-electron chi connectivity index (χ1n) is 7.06. The monoisotopic (exact) mass is 262 g/mol. The molecule has 0 aliphatic heterocycles. The molecule has 1 aromatic carbocycles. The lowest BCUT2D eigenvalue weighted by atomic mass is 10.1. The van der Waals surface area contributed by atoms with Crippen LogP contribution in [0.25, 0.3) is 0 Å². The fourth-order valence-electron chi connectivity index (χ4n) is 1.80. The van der Waals surface area contributed by atoms with Gasteiger partial charge in [0.2, 0.25) is 5.91 Å². The number of aryl methyl sites for hydroxylation is 1. The van der Waals surface area contributed by atoms with Crippen LogP contribution in [0.5, 0.6) is 0 Å². The summed E-state index contributed by atoms with van der Waals surface area (Å²) in [4.78, 5) is 11.9. The van der Waals surface area contributed by atoms with E-state index >= 15 is 0 Å². The zero-order valence-electron chi connectivity index (χ0n) is 12.5. The second-order valence-electron chi connectivity index (χ2n) is 5.50. The van der Waals surface area contributed by atoms with Crippen molar-refractivity contribution in [2.45, 2.75) is 46.7 Å². The van der Waals surface area contributed by atoms with Gasteiger partial charge in [-0.2, -0.15) is 0 Å². The van der Waals surface area contributed by atoms with Crippen molar-refractivity contribution in [2.24, 2.45) is 5.92 Å². The fraction of sp³-hybridized carbons (Fsp3) is 0.562. The molecule has 0 aromatic heterocycles. The average molecular weight is 262 g/mol. The molecule has 106 valence electrons. The summed E-state index contributed by atoms with van der Waals surface area (Å²) in [6, 6.07) is 8.07. The maximum atomic E-state index is 11.9. The number of hydrogen-bond acceptors (Lipinski definition) is 2. The Morgan fingerprint density at radius 2 is 1.89 bits per heavy atom. The summed E-state index contributed by atoms with van der Waals surface area (Å²) in [6.45, 7) is 9.80. The molecule has 1 unspecified atom stereocenters. The smallest absolute Gasteiger partial charge is 0.236 e. The standard InChI is InChI=1S/C16H26N2O/c1-12(2)9-10-17-16(19)14(4)18-11-15-8-6-5-7-13(15)3/h5-8,12,14,18H,9-11H2,1-4H3,(H,17,19). The van der Waals surface area contributed by atoms with Gasteiger partial charge in [0, 0.05) is 13.1 Å². The zero-order chi connectivity index (χ0) is 14.3. The second kappa shape index (κ2) is 7.95. The lowest BCUT2D eigenvalue weighted by Gasteiger charge is -2.15. The van der Waals surface area contributed by atoms with E-state index in [0.717, 1.165) is 19.5 Å². The van der Waals surface area contributed by atoms with E-state index in [4.69, 9.17) is 0 Å². The summed E-state index contributed by atoms with van der Waals surface area (Å²) in [5.74, 6) is 0.699. The van der Waals surface area contributed by atoms with E-state index in [0.29, 0.717) is 5.92 Å². The van der Waals surface area contributed by atoms with Crippen molar-refractivity contribution >= 4 is 5.91 Å². The first-order valence-corrected chi connectivity index (χ1v) is 7.06. The SMILES string of the molecule is Cc1ccccc1CNC(C)C(=O)NCCC(C)C. The molecule has 3 heteroatoms. The van der Waals surface area contributed by atoms with Crippen molar-refractivity contribution in [3.63, 3.8) is 0 Å². The van der Waals surface area contributed by atoms with Crippen molar-refractivity contribution < 1.29 is 4.79 Å². The summed E-state index contributed by atoms with van der Waals surface area (Å²) >= 11 is 0. The topological polar surface area (TPSA) is 41.1 Å². The highest BCUT2D eigenvalue weighted by atomic mass is 16.2. The van der Waals surface area contributed by atoms with Gasteiger partial charge in [0.15, 0.2) is 0 Å². The molecule has 1 rings (SSSR count). The lowest BCUT2D eigenvalue weighted by molar-refractivity contribution is -0.122. The van der Waals surface area contributed by atoms with Crippen LogP contribution in [0.4, 0.5) is 0 Å². The molecule has 1 amide bonds. The lowest BCUT2D eigenvalue weighted by Crippen LogP contribution is -2.42. The first kappa shape index (κ1) is 15.7. The van der Waals surface area contributed by atoms with Crippen molar-refractivity contribution in [2.75, 3.05) is 6.54 Å². The van der Waals surface area contributed by atoms with Gasteiger partial charge in [-0.05, 0) is 37.3 Å². The summed E-state index contributed by atoms with van der Waals surface area (Å²) in [7, 11) is 0. The largest absolute Gasteiger partial charge is 0.355 e. The van der Waals surface area contributed by atoms with Gasteiger partial charge in [0.25, 0.3) is 0 Å². The molecule has 0 saturated heterocycles. The van der Waals surface area contributed by atoms with Crippen LogP contribution < -0.4 is 10.6 Å².